The van der Waals surface area contributed by atoms with E-state index in [1.54, 1.807) is 54.7 Å². The number of amides is 1. The molecular weight excluding hydrogens is 453 g/mol. The van der Waals surface area contributed by atoms with Crippen LogP contribution in [-0.4, -0.2) is 18.0 Å². The van der Waals surface area contributed by atoms with Gasteiger partial charge >= 0.3 is 6.18 Å². The summed E-state index contributed by atoms with van der Waals surface area (Å²) in [7, 11) is 1.52. The van der Waals surface area contributed by atoms with Crippen LogP contribution in [0.1, 0.15) is 32.7 Å². The fourth-order valence-electron chi connectivity index (χ4n) is 4.01. The lowest BCUT2D eigenvalue weighted by molar-refractivity contribution is -0.137. The first-order valence-corrected chi connectivity index (χ1v) is 10.9. The third-order valence-corrected chi connectivity index (χ3v) is 5.78. The van der Waals surface area contributed by atoms with Crippen molar-refractivity contribution in [2.75, 3.05) is 7.11 Å². The van der Waals surface area contributed by atoms with E-state index in [4.69, 9.17) is 4.74 Å². The number of nitrogens with zero attached hydrogens (tertiary/aromatic N) is 1. The number of benzene rings is 3. The molecule has 1 atom stereocenters. The van der Waals surface area contributed by atoms with E-state index in [0.717, 1.165) is 17.7 Å². The molecule has 7 heteroatoms. The van der Waals surface area contributed by atoms with Crippen LogP contribution >= 0.6 is 0 Å². The molecule has 0 fully saturated rings. The van der Waals surface area contributed by atoms with Crippen LogP contribution in [0.4, 0.5) is 13.2 Å². The second kappa shape index (κ2) is 10.0. The Morgan fingerprint density at radius 3 is 2.17 bits per heavy atom. The monoisotopic (exact) mass is 476 g/mol. The number of carbonyl (C=O) groups excluding carboxylic acids is 1. The molecule has 0 radical (unpaired) electrons. The third kappa shape index (κ3) is 5.35. The van der Waals surface area contributed by atoms with Crippen LogP contribution in [0.25, 0.3) is 0 Å². The van der Waals surface area contributed by atoms with E-state index in [9.17, 15) is 18.0 Å². The van der Waals surface area contributed by atoms with Gasteiger partial charge in [0.1, 0.15) is 11.3 Å². The molecule has 0 aliphatic carbocycles. The maximum absolute atomic E-state index is 13.7. The van der Waals surface area contributed by atoms with E-state index >= 15 is 0 Å². The molecule has 0 saturated carbocycles. The smallest absolute Gasteiger partial charge is 0.416 e. The average Bonchev–Trinajstić information content (AvgIpc) is 2.89. The Morgan fingerprint density at radius 2 is 1.54 bits per heavy atom. The Labute approximate surface area is 201 Å². The molecule has 4 rings (SSSR count). The molecule has 1 heterocycles. The highest BCUT2D eigenvalue weighted by Crippen LogP contribution is 2.37. The molecular formula is C28H23F3N2O2. The Kier molecular flexibility index (Phi) is 6.87. The van der Waals surface area contributed by atoms with Gasteiger partial charge in [-0.05, 0) is 59.7 Å². The predicted molar refractivity (Wildman–Crippen MR) is 127 cm³/mol. The molecule has 4 aromatic rings. The van der Waals surface area contributed by atoms with Crippen LogP contribution in [0.5, 0.6) is 5.75 Å². The minimum Gasteiger partial charge on any atom is -0.497 e. The van der Waals surface area contributed by atoms with Crippen LogP contribution in [0.2, 0.25) is 0 Å². The predicted octanol–water partition coefficient (Wildman–Crippen LogP) is 6.03. The summed E-state index contributed by atoms with van der Waals surface area (Å²) in [5.41, 5.74) is -0.318. The van der Waals surface area contributed by atoms with Crippen molar-refractivity contribution < 1.29 is 22.7 Å². The van der Waals surface area contributed by atoms with Crippen molar-refractivity contribution in [1.29, 1.82) is 0 Å². The molecule has 0 aliphatic heterocycles. The molecule has 0 saturated heterocycles. The average molecular weight is 476 g/mol. The van der Waals surface area contributed by atoms with Crippen molar-refractivity contribution >= 4 is 5.91 Å². The van der Waals surface area contributed by atoms with E-state index in [1.165, 1.54) is 13.2 Å². The summed E-state index contributed by atoms with van der Waals surface area (Å²) in [4.78, 5) is 18.0. The molecule has 3 aromatic carbocycles. The molecule has 178 valence electrons. The lowest BCUT2D eigenvalue weighted by atomic mass is 9.79. The number of carbonyl (C=O) groups is 1. The standard InChI is InChI=1S/C28H23F3N2O2/c1-35-24-15-13-21(14-16-24)26(34)33-27(25-12-5-6-17-32-25,19-20-8-3-2-4-9-20)22-10-7-11-23(18-22)28(29,30)31/h2-18H,19H2,1H3,(H,33,34)/t27-/m1/s1. The second-order valence-corrected chi connectivity index (χ2v) is 8.04. The molecule has 0 spiro atoms. The van der Waals surface area contributed by atoms with Crippen LogP contribution in [0.15, 0.2) is 103 Å². The topological polar surface area (TPSA) is 51.2 Å². The summed E-state index contributed by atoms with van der Waals surface area (Å²) in [5.74, 6) is 0.131. The minimum absolute atomic E-state index is 0.189. The SMILES string of the molecule is COc1ccc(C(=O)N[C@](Cc2ccccc2)(c2cccc(C(F)(F)F)c2)c2ccccn2)cc1. The number of pyridine rings is 1. The number of alkyl halides is 3. The minimum atomic E-state index is -4.54. The van der Waals surface area contributed by atoms with Crippen LogP contribution in [0.3, 0.4) is 0 Å². The quantitative estimate of drug-likeness (QED) is 0.355. The highest BCUT2D eigenvalue weighted by Gasteiger charge is 2.40. The van der Waals surface area contributed by atoms with Gasteiger partial charge in [-0.2, -0.15) is 13.2 Å². The number of hydrogen-bond donors (Lipinski definition) is 1. The van der Waals surface area contributed by atoms with E-state index < -0.39 is 23.2 Å². The van der Waals surface area contributed by atoms with Gasteiger partial charge in [-0.15, -0.1) is 0 Å². The zero-order valence-electron chi connectivity index (χ0n) is 18.9. The summed E-state index contributed by atoms with van der Waals surface area (Å²) >= 11 is 0. The molecule has 0 aliphatic rings. The van der Waals surface area contributed by atoms with Crippen molar-refractivity contribution in [1.82, 2.24) is 10.3 Å². The highest BCUT2D eigenvalue weighted by atomic mass is 19.4. The first-order chi connectivity index (χ1) is 16.8. The van der Waals surface area contributed by atoms with Crippen molar-refractivity contribution in [2.45, 2.75) is 18.1 Å². The number of rotatable bonds is 7. The Bertz CT molecular complexity index is 1280. The fraction of sp³-hybridized carbons (Fsp3) is 0.143. The summed E-state index contributed by atoms with van der Waals surface area (Å²) in [5, 5.41) is 3.03. The lowest BCUT2D eigenvalue weighted by Gasteiger charge is -2.36. The maximum atomic E-state index is 13.7. The van der Waals surface area contributed by atoms with Gasteiger partial charge in [0.25, 0.3) is 5.91 Å². The molecule has 1 aromatic heterocycles. The second-order valence-electron chi connectivity index (χ2n) is 8.04. The Morgan fingerprint density at radius 1 is 0.857 bits per heavy atom. The van der Waals surface area contributed by atoms with Crippen LogP contribution in [-0.2, 0) is 18.1 Å². The first kappa shape index (κ1) is 24.0. The van der Waals surface area contributed by atoms with Crippen LogP contribution in [0, 0.1) is 0 Å². The molecule has 1 amide bonds. The van der Waals surface area contributed by atoms with Gasteiger partial charge in [-0.1, -0.05) is 48.5 Å². The third-order valence-electron chi connectivity index (χ3n) is 5.78. The number of ether oxygens (including phenoxy) is 1. The fourth-order valence-corrected chi connectivity index (χ4v) is 4.01. The lowest BCUT2D eigenvalue weighted by Crippen LogP contribution is -2.49. The van der Waals surface area contributed by atoms with Gasteiger partial charge in [-0.3, -0.25) is 9.78 Å². The molecule has 35 heavy (non-hydrogen) atoms. The largest absolute Gasteiger partial charge is 0.497 e. The number of nitrogens with one attached hydrogen (secondary N) is 1. The molecule has 0 unspecified atom stereocenters. The van der Waals surface area contributed by atoms with Gasteiger partial charge < -0.3 is 10.1 Å². The zero-order valence-corrected chi connectivity index (χ0v) is 18.9. The number of aromatic nitrogens is 1. The maximum Gasteiger partial charge on any atom is 0.416 e. The van der Waals surface area contributed by atoms with Gasteiger partial charge in [0.15, 0.2) is 0 Å². The van der Waals surface area contributed by atoms with Gasteiger partial charge in [0.05, 0.1) is 18.4 Å². The van der Waals surface area contributed by atoms with Gasteiger partial charge in [0.2, 0.25) is 0 Å². The first-order valence-electron chi connectivity index (χ1n) is 10.9. The van der Waals surface area contributed by atoms with E-state index in [0.29, 0.717) is 17.0 Å². The van der Waals surface area contributed by atoms with Crippen LogP contribution < -0.4 is 10.1 Å². The number of methoxy groups -OCH3 is 1. The van der Waals surface area contributed by atoms with Crippen molar-refractivity contribution in [3.8, 4) is 5.75 Å². The summed E-state index contributed by atoms with van der Waals surface area (Å²) in [6.45, 7) is 0. The Balaban J connectivity index is 1.90. The molecule has 1 N–H and O–H groups in total. The summed E-state index contributed by atoms with van der Waals surface area (Å²) < 4.78 is 46.2. The molecule has 4 nitrogen and oxygen atoms in total. The van der Waals surface area contributed by atoms with Gasteiger partial charge in [0, 0.05) is 18.2 Å². The summed E-state index contributed by atoms with van der Waals surface area (Å²) in [6, 6.07) is 26.0. The normalized spacial score (nSPS) is 13.0. The zero-order chi connectivity index (χ0) is 24.9. The van der Waals surface area contributed by atoms with Gasteiger partial charge in [-0.25, -0.2) is 0 Å². The van der Waals surface area contributed by atoms with Crippen molar-refractivity contribution in [3.63, 3.8) is 0 Å². The van der Waals surface area contributed by atoms with E-state index in [2.05, 4.69) is 10.3 Å². The number of hydrogen-bond acceptors (Lipinski definition) is 3. The Hall–Kier alpha value is -4.13. The van der Waals surface area contributed by atoms with Crippen molar-refractivity contribution in [2.24, 2.45) is 0 Å². The molecule has 0 bridgehead atoms. The van der Waals surface area contributed by atoms with E-state index in [1.807, 2.05) is 30.3 Å². The summed E-state index contributed by atoms with van der Waals surface area (Å²) in [6.07, 6.45) is -2.80. The van der Waals surface area contributed by atoms with E-state index in [-0.39, 0.29) is 12.0 Å². The number of halogens is 3. The van der Waals surface area contributed by atoms with Crippen molar-refractivity contribution in [3.05, 3.63) is 131 Å². The highest BCUT2D eigenvalue weighted by molar-refractivity contribution is 5.95.